The van der Waals surface area contributed by atoms with Gasteiger partial charge in [0, 0.05) is 30.0 Å². The van der Waals surface area contributed by atoms with Gasteiger partial charge >= 0.3 is 0 Å². The van der Waals surface area contributed by atoms with E-state index < -0.39 is 5.92 Å². The Morgan fingerprint density at radius 1 is 0.903 bits per heavy atom. The number of rotatable bonds is 8. The number of anilines is 1. The van der Waals surface area contributed by atoms with Crippen LogP contribution in [0, 0.1) is 0 Å². The number of carbonyl (C=O) groups excluding carboxylic acids is 1. The van der Waals surface area contributed by atoms with Gasteiger partial charge in [-0.25, -0.2) is 0 Å². The molecule has 0 aliphatic carbocycles. The molecule has 1 atom stereocenters. The minimum Gasteiger partial charge on any atom is -0.372 e. The van der Waals surface area contributed by atoms with Gasteiger partial charge in [-0.05, 0) is 40.3 Å². The van der Waals surface area contributed by atoms with E-state index in [1.807, 2.05) is 78.9 Å². The Balaban J connectivity index is 1.37. The molecule has 5 nitrogen and oxygen atoms in total. The van der Waals surface area contributed by atoms with Gasteiger partial charge in [-0.15, -0.1) is 0 Å². The van der Waals surface area contributed by atoms with Gasteiger partial charge in [0.1, 0.15) is 0 Å². The van der Waals surface area contributed by atoms with Crippen molar-refractivity contribution in [3.63, 3.8) is 0 Å². The summed E-state index contributed by atoms with van der Waals surface area (Å²) in [6.45, 7) is 1.31. The third-order valence-corrected chi connectivity index (χ3v) is 5.22. The van der Waals surface area contributed by atoms with Gasteiger partial charge < -0.3 is 15.8 Å². The van der Waals surface area contributed by atoms with Crippen LogP contribution in [0.3, 0.4) is 0 Å². The SMILES string of the molecule is NCC(C(=O)Nc1ccc2cnccc2c1)c1ccc(COCc2ccccc2)cc1. The second-order valence-corrected chi connectivity index (χ2v) is 7.44. The number of fused-ring (bicyclic) bond motifs is 1. The predicted octanol–water partition coefficient (Wildman–Crippen LogP) is 4.63. The zero-order chi connectivity index (χ0) is 21.5. The maximum absolute atomic E-state index is 12.9. The quantitative estimate of drug-likeness (QED) is 0.443. The van der Waals surface area contributed by atoms with E-state index in [0.29, 0.717) is 13.2 Å². The van der Waals surface area contributed by atoms with Crippen LogP contribution in [0.1, 0.15) is 22.6 Å². The second kappa shape index (κ2) is 9.98. The number of hydrogen-bond acceptors (Lipinski definition) is 4. The fourth-order valence-corrected chi connectivity index (χ4v) is 3.49. The zero-order valence-corrected chi connectivity index (χ0v) is 17.2. The van der Waals surface area contributed by atoms with Crippen molar-refractivity contribution in [2.45, 2.75) is 19.1 Å². The van der Waals surface area contributed by atoms with Crippen molar-refractivity contribution in [1.82, 2.24) is 4.98 Å². The van der Waals surface area contributed by atoms with Gasteiger partial charge in [0.05, 0.1) is 19.1 Å². The first-order chi connectivity index (χ1) is 15.2. The number of nitrogens with two attached hydrogens (primary N) is 1. The molecule has 0 aliphatic rings. The molecule has 0 fully saturated rings. The van der Waals surface area contributed by atoms with Gasteiger partial charge in [-0.2, -0.15) is 0 Å². The van der Waals surface area contributed by atoms with Crippen molar-refractivity contribution in [3.05, 3.63) is 108 Å². The highest BCUT2D eigenvalue weighted by Crippen LogP contribution is 2.22. The van der Waals surface area contributed by atoms with Crippen molar-refractivity contribution >= 4 is 22.4 Å². The molecule has 0 saturated heterocycles. The Labute approximate surface area is 181 Å². The summed E-state index contributed by atoms with van der Waals surface area (Å²) in [5, 5.41) is 5.04. The number of nitrogens with zero attached hydrogens (tertiary/aromatic N) is 1. The lowest BCUT2D eigenvalue weighted by Gasteiger charge is -2.16. The van der Waals surface area contributed by atoms with Crippen molar-refractivity contribution in [2.24, 2.45) is 5.73 Å². The molecule has 1 amide bonds. The van der Waals surface area contributed by atoms with Crippen LogP contribution in [0.4, 0.5) is 5.69 Å². The number of carbonyl (C=O) groups is 1. The molecule has 1 heterocycles. The molecule has 0 aliphatic heterocycles. The molecule has 31 heavy (non-hydrogen) atoms. The third-order valence-electron chi connectivity index (χ3n) is 5.22. The standard InChI is InChI=1S/C26H25N3O2/c27-15-25(26(30)29-24-11-10-23-16-28-13-12-22(23)14-24)21-8-6-20(7-9-21)18-31-17-19-4-2-1-3-5-19/h1-14,16,25H,15,17-18,27H2,(H,29,30). The molecule has 0 saturated carbocycles. The number of amides is 1. The van der Waals surface area contributed by atoms with Gasteiger partial charge in [0.15, 0.2) is 0 Å². The van der Waals surface area contributed by atoms with E-state index in [9.17, 15) is 4.79 Å². The number of hydrogen-bond donors (Lipinski definition) is 2. The Morgan fingerprint density at radius 3 is 2.39 bits per heavy atom. The van der Waals surface area contributed by atoms with Gasteiger partial charge in [0.25, 0.3) is 0 Å². The van der Waals surface area contributed by atoms with Crippen LogP contribution < -0.4 is 11.1 Å². The lowest BCUT2D eigenvalue weighted by atomic mass is 9.97. The molecule has 4 aromatic rings. The summed E-state index contributed by atoms with van der Waals surface area (Å²) < 4.78 is 5.79. The van der Waals surface area contributed by atoms with Crippen molar-refractivity contribution in [2.75, 3.05) is 11.9 Å². The van der Waals surface area contributed by atoms with Crippen LogP contribution >= 0.6 is 0 Å². The van der Waals surface area contributed by atoms with Crippen molar-refractivity contribution < 1.29 is 9.53 Å². The van der Waals surface area contributed by atoms with Crippen LogP contribution in [0.2, 0.25) is 0 Å². The number of nitrogens with one attached hydrogen (secondary N) is 1. The topological polar surface area (TPSA) is 77.2 Å². The molecule has 0 bridgehead atoms. The molecule has 1 unspecified atom stereocenters. The largest absolute Gasteiger partial charge is 0.372 e. The molecule has 5 heteroatoms. The van der Waals surface area contributed by atoms with Crippen molar-refractivity contribution in [1.29, 1.82) is 0 Å². The summed E-state index contributed by atoms with van der Waals surface area (Å²) >= 11 is 0. The predicted molar refractivity (Wildman–Crippen MR) is 124 cm³/mol. The fraction of sp³-hybridized carbons (Fsp3) is 0.154. The summed E-state index contributed by atoms with van der Waals surface area (Å²) in [6, 6.07) is 25.6. The number of aromatic nitrogens is 1. The van der Waals surface area contributed by atoms with E-state index in [0.717, 1.165) is 33.2 Å². The molecule has 0 radical (unpaired) electrons. The highest BCUT2D eigenvalue weighted by Gasteiger charge is 2.19. The van der Waals surface area contributed by atoms with E-state index in [2.05, 4.69) is 10.3 Å². The molecular formula is C26H25N3O2. The summed E-state index contributed by atoms with van der Waals surface area (Å²) in [6.07, 6.45) is 3.54. The normalized spacial score (nSPS) is 11.9. The minimum absolute atomic E-state index is 0.121. The molecule has 3 aromatic carbocycles. The monoisotopic (exact) mass is 411 g/mol. The Hall–Kier alpha value is -3.54. The third kappa shape index (κ3) is 5.34. The Kier molecular flexibility index (Phi) is 6.67. The molecular weight excluding hydrogens is 386 g/mol. The average molecular weight is 412 g/mol. The molecule has 4 rings (SSSR count). The number of benzene rings is 3. The molecule has 3 N–H and O–H groups in total. The van der Waals surface area contributed by atoms with E-state index in [-0.39, 0.29) is 12.5 Å². The first kappa shape index (κ1) is 20.7. The molecule has 1 aromatic heterocycles. The van der Waals surface area contributed by atoms with Crippen LogP contribution in [0.5, 0.6) is 0 Å². The smallest absolute Gasteiger partial charge is 0.233 e. The fourth-order valence-electron chi connectivity index (χ4n) is 3.49. The maximum atomic E-state index is 12.9. The van der Waals surface area contributed by atoms with Gasteiger partial charge in [-0.1, -0.05) is 60.7 Å². The second-order valence-electron chi connectivity index (χ2n) is 7.44. The van der Waals surface area contributed by atoms with Crippen LogP contribution in [-0.2, 0) is 22.7 Å². The minimum atomic E-state index is -0.424. The molecule has 0 spiro atoms. The van der Waals surface area contributed by atoms with Crippen LogP contribution in [0.15, 0.2) is 91.3 Å². The molecule has 156 valence electrons. The van der Waals surface area contributed by atoms with Crippen LogP contribution in [0.25, 0.3) is 10.8 Å². The number of pyridine rings is 1. The number of ether oxygens (including phenoxy) is 1. The maximum Gasteiger partial charge on any atom is 0.233 e. The van der Waals surface area contributed by atoms with E-state index in [1.54, 1.807) is 12.4 Å². The summed E-state index contributed by atoms with van der Waals surface area (Å²) in [7, 11) is 0. The first-order valence-corrected chi connectivity index (χ1v) is 10.3. The highest BCUT2D eigenvalue weighted by molar-refractivity contribution is 5.98. The van der Waals surface area contributed by atoms with Gasteiger partial charge in [0.2, 0.25) is 5.91 Å². The van der Waals surface area contributed by atoms with E-state index >= 15 is 0 Å². The Morgan fingerprint density at radius 2 is 1.65 bits per heavy atom. The van der Waals surface area contributed by atoms with E-state index in [4.69, 9.17) is 10.5 Å². The first-order valence-electron chi connectivity index (χ1n) is 10.3. The lowest BCUT2D eigenvalue weighted by Crippen LogP contribution is -2.27. The summed E-state index contributed by atoms with van der Waals surface area (Å²) in [4.78, 5) is 17.0. The average Bonchev–Trinajstić information content (AvgIpc) is 2.81. The zero-order valence-electron chi connectivity index (χ0n) is 17.2. The summed E-state index contributed by atoms with van der Waals surface area (Å²) in [5.74, 6) is -0.545. The van der Waals surface area contributed by atoms with Crippen LogP contribution in [-0.4, -0.2) is 17.4 Å². The lowest BCUT2D eigenvalue weighted by molar-refractivity contribution is -0.117. The Bertz CT molecular complexity index is 1140. The van der Waals surface area contributed by atoms with Crippen molar-refractivity contribution in [3.8, 4) is 0 Å². The van der Waals surface area contributed by atoms with Gasteiger partial charge in [-0.3, -0.25) is 9.78 Å². The van der Waals surface area contributed by atoms with E-state index in [1.165, 1.54) is 0 Å². The summed E-state index contributed by atoms with van der Waals surface area (Å²) in [5.41, 5.74) is 9.77. The highest BCUT2D eigenvalue weighted by atomic mass is 16.5.